The van der Waals surface area contributed by atoms with Gasteiger partial charge in [-0.15, -0.1) is 0 Å². The first-order valence-electron chi connectivity index (χ1n) is 11.3. The molecule has 4 fully saturated rings. The van der Waals surface area contributed by atoms with Crippen LogP contribution in [0.1, 0.15) is 65.7 Å². The zero-order chi connectivity index (χ0) is 21.0. The smallest absolute Gasteiger partial charge is 0.142 e. The molecule has 4 aliphatic rings. The lowest BCUT2D eigenvalue weighted by molar-refractivity contribution is -0.166. The van der Waals surface area contributed by atoms with Crippen molar-refractivity contribution in [2.24, 2.45) is 51.3 Å². The molecule has 0 heterocycles. The number of oxime groups is 1. The number of fused-ring (bicyclic) bond motifs is 5. The zero-order valence-electron chi connectivity index (χ0n) is 18.0. The first-order chi connectivity index (χ1) is 13.7. The summed E-state index contributed by atoms with van der Waals surface area (Å²) in [5.74, 6) is 0.642. The highest BCUT2D eigenvalue weighted by molar-refractivity contribution is 5.93. The molecule has 0 amide bonds. The second-order valence-corrected chi connectivity index (χ2v) is 10.6. The van der Waals surface area contributed by atoms with Crippen molar-refractivity contribution in [2.75, 3.05) is 13.2 Å². The molecule has 0 aromatic carbocycles. The van der Waals surface area contributed by atoms with Crippen LogP contribution in [0.5, 0.6) is 0 Å². The van der Waals surface area contributed by atoms with E-state index in [2.05, 4.69) is 19.0 Å². The third-order valence-electron chi connectivity index (χ3n) is 8.99. The van der Waals surface area contributed by atoms with Gasteiger partial charge < -0.3 is 15.7 Å². The van der Waals surface area contributed by atoms with Gasteiger partial charge in [-0.05, 0) is 68.6 Å². The number of ketones is 2. The molecule has 0 aromatic rings. The number of hydrogen-bond donors (Lipinski definition) is 2. The Hall–Kier alpha value is -1.27. The minimum Gasteiger partial charge on any atom is -0.396 e. The van der Waals surface area contributed by atoms with Crippen molar-refractivity contribution in [1.82, 2.24) is 0 Å². The molecule has 0 radical (unpaired) electrons. The maximum Gasteiger partial charge on any atom is 0.142 e. The van der Waals surface area contributed by atoms with E-state index in [0.29, 0.717) is 31.1 Å². The summed E-state index contributed by atoms with van der Waals surface area (Å²) in [6.45, 7) is 6.55. The number of nitrogens with two attached hydrogens (primary N) is 1. The van der Waals surface area contributed by atoms with Gasteiger partial charge in [0.2, 0.25) is 0 Å². The second kappa shape index (κ2) is 7.45. The van der Waals surface area contributed by atoms with E-state index in [1.54, 1.807) is 0 Å². The number of nitrogens with zero attached hydrogens (tertiary/aromatic N) is 1. The predicted molar refractivity (Wildman–Crippen MR) is 110 cm³/mol. The van der Waals surface area contributed by atoms with Gasteiger partial charge in [0.1, 0.15) is 18.2 Å². The molecule has 4 saturated carbocycles. The van der Waals surface area contributed by atoms with Crippen molar-refractivity contribution in [2.45, 2.75) is 71.8 Å². The number of carbonyl (C=O) groups is 2. The molecule has 8 atom stereocenters. The fourth-order valence-corrected chi connectivity index (χ4v) is 7.29. The van der Waals surface area contributed by atoms with Crippen LogP contribution in [0.25, 0.3) is 0 Å². The number of Topliss-reactive ketones (excluding diaryl/α,β-unsaturated/α-hetero) is 2. The van der Waals surface area contributed by atoms with Crippen molar-refractivity contribution in [3.05, 3.63) is 0 Å². The van der Waals surface area contributed by atoms with Crippen molar-refractivity contribution >= 4 is 17.3 Å². The van der Waals surface area contributed by atoms with Crippen LogP contribution in [-0.2, 0) is 14.4 Å². The number of aliphatic hydroxyl groups excluding tert-OH is 1. The molecule has 3 unspecified atom stereocenters. The van der Waals surface area contributed by atoms with Crippen molar-refractivity contribution < 1.29 is 19.5 Å². The van der Waals surface area contributed by atoms with E-state index < -0.39 is 0 Å². The molecule has 0 spiro atoms. The molecule has 29 heavy (non-hydrogen) atoms. The zero-order valence-corrected chi connectivity index (χ0v) is 18.0. The first-order valence-corrected chi connectivity index (χ1v) is 11.3. The van der Waals surface area contributed by atoms with Gasteiger partial charge in [-0.2, -0.15) is 0 Å². The summed E-state index contributed by atoms with van der Waals surface area (Å²) in [5, 5.41) is 14.5. The van der Waals surface area contributed by atoms with Gasteiger partial charge in [0.25, 0.3) is 0 Å². The Morgan fingerprint density at radius 2 is 1.93 bits per heavy atom. The maximum absolute atomic E-state index is 13.6. The molecule has 4 aliphatic carbocycles. The van der Waals surface area contributed by atoms with Crippen LogP contribution in [0, 0.1) is 40.4 Å². The summed E-state index contributed by atoms with van der Waals surface area (Å²) in [6, 6.07) is -0.0684. The summed E-state index contributed by atoms with van der Waals surface area (Å²) in [4.78, 5) is 31.7. The lowest BCUT2D eigenvalue weighted by Crippen LogP contribution is -2.61. The SMILES string of the molecule is CC(N)CON=C1CC[C@@]2(C)C(C1)C(CO)C(=O)[C@@H]1[C@H]2CC[C@]2(C)C(=O)CC[C@@H]12. The molecule has 0 aliphatic heterocycles. The Kier molecular flexibility index (Phi) is 5.39. The largest absolute Gasteiger partial charge is 0.396 e. The molecule has 0 bridgehead atoms. The number of aliphatic hydroxyl groups is 1. The monoisotopic (exact) mass is 404 g/mol. The van der Waals surface area contributed by atoms with E-state index >= 15 is 0 Å². The Morgan fingerprint density at radius 3 is 2.62 bits per heavy atom. The van der Waals surface area contributed by atoms with E-state index in [0.717, 1.165) is 37.8 Å². The third kappa shape index (κ3) is 3.18. The molecule has 0 saturated heterocycles. The van der Waals surface area contributed by atoms with Gasteiger partial charge in [0, 0.05) is 29.7 Å². The van der Waals surface area contributed by atoms with Gasteiger partial charge in [-0.25, -0.2) is 0 Å². The molecule has 3 N–H and O–H groups in total. The molecular formula is C23H36N2O4. The van der Waals surface area contributed by atoms with Crippen molar-refractivity contribution in [1.29, 1.82) is 0 Å². The lowest BCUT2D eigenvalue weighted by atomic mass is 9.43. The minimum absolute atomic E-state index is 0.000873. The van der Waals surface area contributed by atoms with Gasteiger partial charge in [0.05, 0.1) is 12.3 Å². The standard InChI is InChI=1S/C23H36N2O4/c1-13(24)12-29-25-14-6-8-22(2)17-7-9-23(3)16(4-5-19(23)27)20(17)21(28)15(11-26)18(22)10-14/h13,15-18,20,26H,4-12,24H2,1-3H3/t13?,15?,16-,17+,18?,20-,22+,23-/m0/s1. The summed E-state index contributed by atoms with van der Waals surface area (Å²) >= 11 is 0. The Balaban J connectivity index is 1.62. The van der Waals surface area contributed by atoms with E-state index in [-0.39, 0.29) is 52.9 Å². The van der Waals surface area contributed by atoms with Gasteiger partial charge >= 0.3 is 0 Å². The molecule has 162 valence electrons. The van der Waals surface area contributed by atoms with Crippen molar-refractivity contribution in [3.63, 3.8) is 0 Å². The minimum atomic E-state index is -0.363. The van der Waals surface area contributed by atoms with Crippen molar-refractivity contribution in [3.8, 4) is 0 Å². The van der Waals surface area contributed by atoms with Crippen LogP contribution >= 0.6 is 0 Å². The molecule has 6 heteroatoms. The Morgan fingerprint density at radius 1 is 1.17 bits per heavy atom. The molecule has 4 rings (SSSR count). The van der Waals surface area contributed by atoms with Gasteiger partial charge in [-0.3, -0.25) is 9.59 Å². The highest BCUT2D eigenvalue weighted by atomic mass is 16.6. The first kappa shape index (κ1) is 21.0. The van der Waals surface area contributed by atoms with Crippen LogP contribution < -0.4 is 5.73 Å². The van der Waals surface area contributed by atoms with E-state index in [9.17, 15) is 14.7 Å². The predicted octanol–water partition coefficient (Wildman–Crippen LogP) is 2.72. The topological polar surface area (TPSA) is 102 Å². The van der Waals surface area contributed by atoms with E-state index in [4.69, 9.17) is 10.6 Å². The number of carbonyl (C=O) groups excluding carboxylic acids is 2. The van der Waals surface area contributed by atoms with Crippen LogP contribution in [0.4, 0.5) is 0 Å². The summed E-state index contributed by atoms with van der Waals surface area (Å²) in [7, 11) is 0. The van der Waals surface area contributed by atoms with E-state index in [1.165, 1.54) is 0 Å². The number of hydrogen-bond acceptors (Lipinski definition) is 6. The average Bonchev–Trinajstić information content (AvgIpc) is 2.98. The fraction of sp³-hybridized carbons (Fsp3) is 0.870. The average molecular weight is 405 g/mol. The second-order valence-electron chi connectivity index (χ2n) is 10.6. The fourth-order valence-electron chi connectivity index (χ4n) is 7.29. The van der Waals surface area contributed by atoms with Crippen LogP contribution in [0.2, 0.25) is 0 Å². The highest BCUT2D eigenvalue weighted by Crippen LogP contribution is 2.65. The van der Waals surface area contributed by atoms with Gasteiger partial charge in [0.15, 0.2) is 0 Å². The lowest BCUT2D eigenvalue weighted by Gasteiger charge is -2.60. The normalized spacial score (nSPS) is 46.8. The number of rotatable bonds is 4. The third-order valence-corrected chi connectivity index (χ3v) is 8.99. The summed E-state index contributed by atoms with van der Waals surface area (Å²) < 4.78 is 0. The molecular weight excluding hydrogens is 368 g/mol. The highest BCUT2D eigenvalue weighted by Gasteiger charge is 2.64. The summed E-state index contributed by atoms with van der Waals surface area (Å²) in [5.41, 5.74) is 6.38. The summed E-state index contributed by atoms with van der Waals surface area (Å²) in [6.07, 6.45) is 5.80. The quantitative estimate of drug-likeness (QED) is 0.702. The Bertz CT molecular complexity index is 720. The van der Waals surface area contributed by atoms with Crippen LogP contribution in [-0.4, -0.2) is 41.6 Å². The van der Waals surface area contributed by atoms with Crippen LogP contribution in [0.15, 0.2) is 5.16 Å². The maximum atomic E-state index is 13.6. The van der Waals surface area contributed by atoms with Crippen LogP contribution in [0.3, 0.4) is 0 Å². The molecule has 0 aromatic heterocycles. The van der Waals surface area contributed by atoms with E-state index in [1.807, 2.05) is 6.92 Å². The Labute approximate surface area is 173 Å². The van der Waals surface area contributed by atoms with Gasteiger partial charge in [-0.1, -0.05) is 19.0 Å². The molecule has 6 nitrogen and oxygen atoms in total.